The van der Waals surface area contributed by atoms with Crippen LogP contribution in [0.25, 0.3) is 0 Å². The minimum atomic E-state index is -3.38. The van der Waals surface area contributed by atoms with Crippen LogP contribution in [0, 0.1) is 5.92 Å². The van der Waals surface area contributed by atoms with E-state index in [4.69, 9.17) is 0 Å². The number of carboxylic acid groups (broad SMARTS) is 1. The Balaban J connectivity index is 2.36. The van der Waals surface area contributed by atoms with Gasteiger partial charge >= 0.3 is 5.97 Å². The Kier molecular flexibility index (Phi) is 2.74. The lowest BCUT2D eigenvalue weighted by atomic mass is 9.95. The molecule has 2 rings (SSSR count). The number of hydrogen-bond donors (Lipinski definition) is 1. The van der Waals surface area contributed by atoms with E-state index in [1.165, 1.54) is 4.31 Å². The minimum Gasteiger partial charge on any atom is -0.480 e. The Morgan fingerprint density at radius 3 is 2.44 bits per heavy atom. The highest BCUT2D eigenvalue weighted by atomic mass is 32.2. The second kappa shape index (κ2) is 3.70. The number of carboxylic acids is 1. The van der Waals surface area contributed by atoms with E-state index in [-0.39, 0.29) is 11.7 Å². The van der Waals surface area contributed by atoms with Crippen LogP contribution < -0.4 is 0 Å². The van der Waals surface area contributed by atoms with Crippen LogP contribution in [-0.2, 0) is 14.8 Å². The first kappa shape index (κ1) is 11.9. The predicted molar refractivity (Wildman–Crippen MR) is 58.5 cm³/mol. The summed E-state index contributed by atoms with van der Waals surface area (Å²) < 4.78 is 25.1. The molecule has 2 aliphatic rings. The Bertz CT molecular complexity index is 401. The van der Waals surface area contributed by atoms with Crippen molar-refractivity contribution < 1.29 is 18.3 Å². The zero-order chi connectivity index (χ0) is 12.0. The number of aliphatic carboxylic acids is 1. The SMILES string of the molecule is CC(C(=O)O)(C1CC1)N1CCCCS1(=O)=O. The second-order valence-corrected chi connectivity index (χ2v) is 6.84. The normalized spacial score (nSPS) is 29.6. The summed E-state index contributed by atoms with van der Waals surface area (Å²) in [6.07, 6.45) is 3.03. The van der Waals surface area contributed by atoms with Crippen molar-refractivity contribution >= 4 is 16.0 Å². The average Bonchev–Trinajstić information content (AvgIpc) is 2.98. The highest BCUT2D eigenvalue weighted by Gasteiger charge is 2.55. The topological polar surface area (TPSA) is 74.7 Å². The smallest absolute Gasteiger partial charge is 0.325 e. The Labute approximate surface area is 95.5 Å². The van der Waals surface area contributed by atoms with Crippen LogP contribution in [0.1, 0.15) is 32.6 Å². The van der Waals surface area contributed by atoms with E-state index >= 15 is 0 Å². The summed E-state index contributed by atoms with van der Waals surface area (Å²) in [4.78, 5) is 11.4. The number of hydrogen-bond acceptors (Lipinski definition) is 3. The van der Waals surface area contributed by atoms with Crippen LogP contribution in [-0.4, -0.2) is 41.6 Å². The van der Waals surface area contributed by atoms with Gasteiger partial charge in [0.25, 0.3) is 0 Å². The van der Waals surface area contributed by atoms with Gasteiger partial charge in [0.1, 0.15) is 5.54 Å². The quantitative estimate of drug-likeness (QED) is 0.795. The molecule has 1 atom stereocenters. The Morgan fingerprint density at radius 1 is 1.38 bits per heavy atom. The number of carbonyl (C=O) groups is 1. The summed E-state index contributed by atoms with van der Waals surface area (Å²) in [7, 11) is -3.38. The molecule has 0 aromatic rings. The molecule has 0 bridgehead atoms. The van der Waals surface area contributed by atoms with E-state index in [0.29, 0.717) is 13.0 Å². The molecule has 6 heteroatoms. The molecule has 1 saturated carbocycles. The third kappa shape index (κ3) is 1.73. The van der Waals surface area contributed by atoms with Crippen LogP contribution in [0.2, 0.25) is 0 Å². The molecule has 0 amide bonds. The number of nitrogens with zero attached hydrogens (tertiary/aromatic N) is 1. The summed E-state index contributed by atoms with van der Waals surface area (Å²) in [6, 6.07) is 0. The molecule has 1 aliphatic carbocycles. The van der Waals surface area contributed by atoms with Gasteiger partial charge in [0, 0.05) is 6.54 Å². The van der Waals surface area contributed by atoms with Gasteiger partial charge in [0.2, 0.25) is 10.0 Å². The molecule has 1 unspecified atom stereocenters. The lowest BCUT2D eigenvalue weighted by Gasteiger charge is -2.39. The molecule has 0 aromatic heterocycles. The molecule has 1 heterocycles. The maximum atomic E-state index is 11.9. The molecule has 1 aliphatic heterocycles. The van der Waals surface area contributed by atoms with Crippen molar-refractivity contribution in [3.8, 4) is 0 Å². The van der Waals surface area contributed by atoms with Gasteiger partial charge in [0.05, 0.1) is 5.75 Å². The summed E-state index contributed by atoms with van der Waals surface area (Å²) in [6.45, 7) is 1.90. The van der Waals surface area contributed by atoms with Gasteiger partial charge in [-0.1, -0.05) is 0 Å². The highest BCUT2D eigenvalue weighted by Crippen LogP contribution is 2.45. The maximum Gasteiger partial charge on any atom is 0.325 e. The standard InChI is InChI=1S/C10H17NO4S/c1-10(9(12)13,8-4-5-8)11-6-2-3-7-16(11,14)15/h8H,2-7H2,1H3,(H,12,13). The minimum absolute atomic E-state index is 0.0159. The summed E-state index contributed by atoms with van der Waals surface area (Å²) in [5.74, 6) is -0.943. The third-order valence-corrected chi connectivity index (χ3v) is 5.71. The lowest BCUT2D eigenvalue weighted by Crippen LogP contribution is -2.58. The first-order valence-corrected chi connectivity index (χ1v) is 7.24. The first-order valence-electron chi connectivity index (χ1n) is 5.63. The van der Waals surface area contributed by atoms with Crippen molar-refractivity contribution in [3.05, 3.63) is 0 Å². The van der Waals surface area contributed by atoms with Crippen LogP contribution in [0.4, 0.5) is 0 Å². The molecule has 2 fully saturated rings. The maximum absolute atomic E-state index is 11.9. The van der Waals surface area contributed by atoms with Gasteiger partial charge in [-0.05, 0) is 38.5 Å². The van der Waals surface area contributed by atoms with E-state index < -0.39 is 21.5 Å². The Morgan fingerprint density at radius 2 is 2.00 bits per heavy atom. The predicted octanol–water partition coefficient (Wildman–Crippen LogP) is 0.665. The zero-order valence-corrected chi connectivity index (χ0v) is 10.2. The monoisotopic (exact) mass is 247 g/mol. The second-order valence-electron chi connectivity index (χ2n) is 4.82. The fourth-order valence-corrected chi connectivity index (χ4v) is 4.44. The molecular formula is C10H17NO4S. The third-order valence-electron chi connectivity index (χ3n) is 3.67. The van der Waals surface area contributed by atoms with Crippen molar-refractivity contribution in [2.75, 3.05) is 12.3 Å². The summed E-state index contributed by atoms with van der Waals surface area (Å²) in [5, 5.41) is 9.32. The van der Waals surface area contributed by atoms with Gasteiger partial charge in [-0.15, -0.1) is 0 Å². The fourth-order valence-electron chi connectivity index (χ4n) is 2.44. The van der Waals surface area contributed by atoms with Crippen molar-refractivity contribution in [2.45, 2.75) is 38.1 Å². The zero-order valence-electron chi connectivity index (χ0n) is 9.35. The van der Waals surface area contributed by atoms with Crippen LogP contribution in [0.3, 0.4) is 0 Å². The van der Waals surface area contributed by atoms with E-state index in [2.05, 4.69) is 0 Å². The van der Waals surface area contributed by atoms with Gasteiger partial charge in [-0.3, -0.25) is 4.79 Å². The van der Waals surface area contributed by atoms with Gasteiger partial charge in [-0.2, -0.15) is 4.31 Å². The van der Waals surface area contributed by atoms with Crippen molar-refractivity contribution in [3.63, 3.8) is 0 Å². The van der Waals surface area contributed by atoms with E-state index in [1.807, 2.05) is 0 Å². The average molecular weight is 247 g/mol. The molecule has 1 N–H and O–H groups in total. The van der Waals surface area contributed by atoms with Gasteiger partial charge in [-0.25, -0.2) is 8.42 Å². The van der Waals surface area contributed by atoms with Crippen LogP contribution in [0.5, 0.6) is 0 Å². The molecule has 16 heavy (non-hydrogen) atoms. The highest BCUT2D eigenvalue weighted by molar-refractivity contribution is 7.89. The number of sulfonamides is 1. The van der Waals surface area contributed by atoms with E-state index in [9.17, 15) is 18.3 Å². The van der Waals surface area contributed by atoms with Crippen molar-refractivity contribution in [2.24, 2.45) is 5.92 Å². The summed E-state index contributed by atoms with van der Waals surface area (Å²) >= 11 is 0. The fraction of sp³-hybridized carbons (Fsp3) is 0.900. The van der Waals surface area contributed by atoms with Crippen LogP contribution in [0.15, 0.2) is 0 Å². The lowest BCUT2D eigenvalue weighted by molar-refractivity contribution is -0.148. The van der Waals surface area contributed by atoms with Crippen LogP contribution >= 0.6 is 0 Å². The van der Waals surface area contributed by atoms with Gasteiger partial charge in [0.15, 0.2) is 0 Å². The largest absolute Gasteiger partial charge is 0.480 e. The molecular weight excluding hydrogens is 230 g/mol. The molecule has 5 nitrogen and oxygen atoms in total. The molecule has 0 spiro atoms. The van der Waals surface area contributed by atoms with Crippen molar-refractivity contribution in [1.29, 1.82) is 0 Å². The van der Waals surface area contributed by atoms with Crippen molar-refractivity contribution in [1.82, 2.24) is 4.31 Å². The first-order chi connectivity index (χ1) is 7.39. The van der Waals surface area contributed by atoms with Gasteiger partial charge < -0.3 is 5.11 Å². The molecule has 0 aromatic carbocycles. The Hall–Kier alpha value is -0.620. The summed E-state index contributed by atoms with van der Waals surface area (Å²) in [5.41, 5.74) is -1.22. The molecule has 92 valence electrons. The molecule has 0 radical (unpaired) electrons. The van der Waals surface area contributed by atoms with E-state index in [0.717, 1.165) is 19.3 Å². The van der Waals surface area contributed by atoms with E-state index in [1.54, 1.807) is 6.92 Å². The number of rotatable bonds is 3. The molecule has 1 saturated heterocycles.